The lowest BCUT2D eigenvalue weighted by Crippen LogP contribution is -2.39. The molecule has 6 nitrogen and oxygen atoms in total. The molecular weight excluding hydrogens is 337 g/mol. The highest BCUT2D eigenvalue weighted by atomic mass is 32.2. The first-order valence-corrected chi connectivity index (χ1v) is 8.16. The van der Waals surface area contributed by atoms with Crippen molar-refractivity contribution in [2.75, 3.05) is 0 Å². The van der Waals surface area contributed by atoms with E-state index in [0.717, 1.165) is 23.9 Å². The van der Waals surface area contributed by atoms with Crippen molar-refractivity contribution in [2.45, 2.75) is 30.6 Å². The molecule has 8 heteroatoms. The molecule has 0 radical (unpaired) electrons. The van der Waals surface area contributed by atoms with Crippen LogP contribution in [0.5, 0.6) is 0 Å². The number of hydrogen-bond acceptors (Lipinski definition) is 6. The summed E-state index contributed by atoms with van der Waals surface area (Å²) < 4.78 is 16.8. The van der Waals surface area contributed by atoms with Gasteiger partial charge < -0.3 is 4.74 Å². The average molecular weight is 351 g/mol. The number of imide groups is 1. The Morgan fingerprint density at radius 1 is 1.29 bits per heavy atom. The molecule has 1 saturated heterocycles. The van der Waals surface area contributed by atoms with Gasteiger partial charge in [0.25, 0.3) is 0 Å². The number of benzene rings is 1. The number of halogens is 1. The fourth-order valence-corrected chi connectivity index (χ4v) is 4.56. The smallest absolute Gasteiger partial charge is 0.302 e. The fraction of sp³-hybridized carbons (Fsp3) is 0.375. The lowest BCUT2D eigenvalue weighted by molar-refractivity contribution is -0.149. The van der Waals surface area contributed by atoms with Crippen molar-refractivity contribution in [1.29, 1.82) is 0 Å². The molecule has 3 rings (SSSR count). The summed E-state index contributed by atoms with van der Waals surface area (Å²) in [5.41, 5.74) is 0.234. The third-order valence-electron chi connectivity index (χ3n) is 4.25. The van der Waals surface area contributed by atoms with Gasteiger partial charge in [-0.1, -0.05) is 11.8 Å². The maximum atomic E-state index is 13.0. The van der Waals surface area contributed by atoms with Crippen LogP contribution in [-0.2, 0) is 19.1 Å². The second-order valence-electron chi connectivity index (χ2n) is 5.77. The van der Waals surface area contributed by atoms with E-state index in [4.69, 9.17) is 4.74 Å². The Labute approximate surface area is 141 Å². The number of carbonyl (C=O) groups is 4. The minimum atomic E-state index is -1.29. The molecule has 0 bridgehead atoms. The van der Waals surface area contributed by atoms with E-state index in [0.29, 0.717) is 6.42 Å². The highest BCUT2D eigenvalue weighted by Gasteiger charge is 2.64. The SMILES string of the molecule is CC(=O)O[C@@H]1CC[C@]2(SC(=O)c3ccc(F)cc3)C(=O)NC(=O)[C@H]12. The summed E-state index contributed by atoms with van der Waals surface area (Å²) in [6.07, 6.45) is -0.166. The van der Waals surface area contributed by atoms with Crippen LogP contribution in [0, 0.1) is 11.7 Å². The molecule has 2 fully saturated rings. The number of esters is 1. The number of thioether (sulfide) groups is 1. The minimum absolute atomic E-state index is 0.234. The van der Waals surface area contributed by atoms with Crippen LogP contribution in [0.25, 0.3) is 0 Å². The third-order valence-corrected chi connectivity index (χ3v) is 5.68. The van der Waals surface area contributed by atoms with Gasteiger partial charge in [-0.05, 0) is 37.1 Å². The molecule has 3 atom stereocenters. The molecule has 1 heterocycles. The predicted octanol–water partition coefficient (Wildman–Crippen LogP) is 1.44. The zero-order valence-corrected chi connectivity index (χ0v) is 13.5. The molecule has 1 aliphatic heterocycles. The fourth-order valence-electron chi connectivity index (χ4n) is 3.22. The first kappa shape index (κ1) is 16.6. The number of amides is 2. The van der Waals surface area contributed by atoms with Crippen molar-refractivity contribution in [3.63, 3.8) is 0 Å². The topological polar surface area (TPSA) is 89.5 Å². The number of ether oxygens (including phenoxy) is 1. The number of hydrogen-bond donors (Lipinski definition) is 1. The van der Waals surface area contributed by atoms with Crippen LogP contribution in [0.3, 0.4) is 0 Å². The van der Waals surface area contributed by atoms with Gasteiger partial charge in [-0.25, -0.2) is 4.39 Å². The van der Waals surface area contributed by atoms with Crippen LogP contribution < -0.4 is 5.32 Å². The number of rotatable bonds is 3. The van der Waals surface area contributed by atoms with Crippen molar-refractivity contribution in [3.05, 3.63) is 35.6 Å². The Bertz CT molecular complexity index is 734. The number of nitrogens with one attached hydrogen (secondary N) is 1. The molecule has 0 aromatic heterocycles. The van der Waals surface area contributed by atoms with Crippen molar-refractivity contribution in [2.24, 2.45) is 5.92 Å². The van der Waals surface area contributed by atoms with Gasteiger partial charge in [-0.15, -0.1) is 0 Å². The van der Waals surface area contributed by atoms with Crippen molar-refractivity contribution in [3.8, 4) is 0 Å². The van der Waals surface area contributed by atoms with Gasteiger partial charge in [-0.3, -0.25) is 24.5 Å². The van der Waals surface area contributed by atoms with Crippen LogP contribution in [0.2, 0.25) is 0 Å². The van der Waals surface area contributed by atoms with Gasteiger partial charge in [0, 0.05) is 12.5 Å². The van der Waals surface area contributed by atoms with Crippen LogP contribution in [0.15, 0.2) is 24.3 Å². The zero-order chi connectivity index (χ0) is 17.5. The van der Waals surface area contributed by atoms with Crippen molar-refractivity contribution >= 4 is 34.7 Å². The van der Waals surface area contributed by atoms with E-state index >= 15 is 0 Å². The second kappa shape index (κ2) is 6.01. The van der Waals surface area contributed by atoms with E-state index in [-0.39, 0.29) is 12.0 Å². The van der Waals surface area contributed by atoms with E-state index in [1.165, 1.54) is 19.1 Å². The van der Waals surface area contributed by atoms with E-state index in [1.807, 2.05) is 0 Å². The molecule has 1 aromatic carbocycles. The summed E-state index contributed by atoms with van der Waals surface area (Å²) in [7, 11) is 0. The highest BCUT2D eigenvalue weighted by molar-refractivity contribution is 8.16. The van der Waals surface area contributed by atoms with Crippen LogP contribution in [0.1, 0.15) is 30.1 Å². The zero-order valence-electron chi connectivity index (χ0n) is 12.7. The van der Waals surface area contributed by atoms with Gasteiger partial charge in [0.05, 0.1) is 5.92 Å². The average Bonchev–Trinajstić information content (AvgIpc) is 2.97. The lowest BCUT2D eigenvalue weighted by atomic mass is 9.96. The maximum absolute atomic E-state index is 13.0. The molecule has 24 heavy (non-hydrogen) atoms. The molecule has 1 aromatic rings. The molecule has 0 spiro atoms. The number of carbonyl (C=O) groups excluding carboxylic acids is 4. The molecule has 126 valence electrons. The summed E-state index contributed by atoms with van der Waals surface area (Å²) in [6, 6.07) is 4.95. The van der Waals surface area contributed by atoms with Crippen molar-refractivity contribution < 1.29 is 28.3 Å². The predicted molar refractivity (Wildman–Crippen MR) is 82.5 cm³/mol. The van der Waals surface area contributed by atoms with Crippen molar-refractivity contribution in [1.82, 2.24) is 5.32 Å². The van der Waals surface area contributed by atoms with Crippen LogP contribution in [-0.4, -0.2) is 33.7 Å². The van der Waals surface area contributed by atoms with Gasteiger partial charge in [-0.2, -0.15) is 0 Å². The monoisotopic (exact) mass is 351 g/mol. The summed E-state index contributed by atoms with van der Waals surface area (Å²) in [5.74, 6) is -3.01. The van der Waals surface area contributed by atoms with Gasteiger partial charge in [0.2, 0.25) is 16.9 Å². The van der Waals surface area contributed by atoms with Gasteiger partial charge in [0.15, 0.2) is 0 Å². The lowest BCUT2D eigenvalue weighted by Gasteiger charge is -2.24. The Hall–Kier alpha value is -2.22. The molecule has 2 aliphatic rings. The van der Waals surface area contributed by atoms with E-state index in [1.54, 1.807) is 0 Å². The quantitative estimate of drug-likeness (QED) is 0.655. The minimum Gasteiger partial charge on any atom is -0.462 e. The third kappa shape index (κ3) is 2.71. The van der Waals surface area contributed by atoms with E-state index in [2.05, 4.69) is 5.32 Å². The molecule has 2 amide bonds. The Kier molecular flexibility index (Phi) is 4.16. The summed E-state index contributed by atoms with van der Waals surface area (Å²) in [5, 5.41) is 1.79. The van der Waals surface area contributed by atoms with E-state index in [9.17, 15) is 23.6 Å². The first-order chi connectivity index (χ1) is 11.3. The number of fused-ring (bicyclic) bond motifs is 1. The van der Waals surface area contributed by atoms with Crippen LogP contribution >= 0.6 is 11.8 Å². The molecule has 1 N–H and O–H groups in total. The largest absolute Gasteiger partial charge is 0.462 e. The Morgan fingerprint density at radius 3 is 2.58 bits per heavy atom. The molecule has 0 unspecified atom stereocenters. The Morgan fingerprint density at radius 2 is 1.96 bits per heavy atom. The molecule has 1 aliphatic carbocycles. The van der Waals surface area contributed by atoms with E-state index < -0.39 is 45.5 Å². The van der Waals surface area contributed by atoms with Gasteiger partial charge >= 0.3 is 5.97 Å². The molecular formula is C16H14FNO5S. The summed E-state index contributed by atoms with van der Waals surface area (Å²) in [4.78, 5) is 48.1. The van der Waals surface area contributed by atoms with Gasteiger partial charge in [0.1, 0.15) is 16.7 Å². The second-order valence-corrected chi connectivity index (χ2v) is 7.07. The normalized spacial score (nSPS) is 28.4. The highest BCUT2D eigenvalue weighted by Crippen LogP contribution is 2.51. The molecule has 1 saturated carbocycles. The standard InChI is InChI=1S/C16H14FNO5S/c1-8(19)23-11-6-7-16(12(11)13(20)18-15(16)22)24-14(21)9-2-4-10(17)5-3-9/h2-5,11-12H,6-7H2,1H3,(H,18,20,22)/t11-,12+,16-/m1/s1. The first-order valence-electron chi connectivity index (χ1n) is 7.35. The summed E-state index contributed by atoms with van der Waals surface area (Å²) in [6.45, 7) is 1.23. The maximum Gasteiger partial charge on any atom is 0.302 e. The van der Waals surface area contributed by atoms with Crippen LogP contribution in [0.4, 0.5) is 4.39 Å². The Balaban J connectivity index is 1.87. The summed E-state index contributed by atoms with van der Waals surface area (Å²) >= 11 is 0.741.